The van der Waals surface area contributed by atoms with E-state index in [4.69, 9.17) is 9.47 Å². The molecule has 1 amide bonds. The van der Waals surface area contributed by atoms with Crippen LogP contribution in [-0.2, 0) is 0 Å². The van der Waals surface area contributed by atoms with Gasteiger partial charge in [0.25, 0.3) is 5.91 Å². The molecule has 1 unspecified atom stereocenters. The molecule has 2 aromatic carbocycles. The van der Waals surface area contributed by atoms with Crippen LogP contribution in [0, 0.1) is 5.82 Å². The van der Waals surface area contributed by atoms with Crippen LogP contribution in [-0.4, -0.2) is 29.9 Å². The Labute approximate surface area is 156 Å². The van der Waals surface area contributed by atoms with Crippen molar-refractivity contribution in [1.29, 1.82) is 0 Å². The summed E-state index contributed by atoms with van der Waals surface area (Å²) < 4.78 is 26.4. The van der Waals surface area contributed by atoms with E-state index < -0.39 is 17.8 Å². The van der Waals surface area contributed by atoms with Crippen LogP contribution in [0.3, 0.4) is 0 Å². The number of rotatable bonds is 6. The Kier molecular flexibility index (Phi) is 5.40. The third-order valence-electron chi connectivity index (χ3n) is 4.22. The maximum atomic E-state index is 14.3. The van der Waals surface area contributed by atoms with Gasteiger partial charge in [-0.25, -0.2) is 9.07 Å². The fourth-order valence-electron chi connectivity index (χ4n) is 2.93. The van der Waals surface area contributed by atoms with Gasteiger partial charge in [-0.3, -0.25) is 4.79 Å². The van der Waals surface area contributed by atoms with Crippen molar-refractivity contribution < 1.29 is 18.7 Å². The molecule has 1 heterocycles. The Hall–Kier alpha value is -3.35. The van der Waals surface area contributed by atoms with Gasteiger partial charge in [0.1, 0.15) is 11.4 Å². The van der Waals surface area contributed by atoms with E-state index in [2.05, 4.69) is 10.4 Å². The highest BCUT2D eigenvalue weighted by molar-refractivity contribution is 5.98. The summed E-state index contributed by atoms with van der Waals surface area (Å²) in [5.74, 6) is -0.931. The lowest BCUT2D eigenvalue weighted by atomic mass is 10.0. The van der Waals surface area contributed by atoms with Crippen LogP contribution in [0.15, 0.2) is 54.9 Å². The molecule has 3 rings (SSSR count). The standard InChI is InChI=1S/C20H20FN3O3/c1-13(14-7-4-5-8-16(14)24-12-6-11-22-24)23-20(25)18-15(21)9-10-17(26-2)19(18)27-3/h4-13H,1-3H3,(H,23,25). The number of ether oxygens (including phenoxy) is 2. The summed E-state index contributed by atoms with van der Waals surface area (Å²) in [6, 6.07) is 11.6. The van der Waals surface area contributed by atoms with E-state index in [1.165, 1.54) is 26.4 Å². The Morgan fingerprint density at radius 2 is 1.93 bits per heavy atom. The van der Waals surface area contributed by atoms with Crippen LogP contribution in [0.2, 0.25) is 0 Å². The summed E-state index contributed by atoms with van der Waals surface area (Å²) in [4.78, 5) is 12.8. The number of nitrogens with zero attached hydrogens (tertiary/aromatic N) is 2. The van der Waals surface area contributed by atoms with Gasteiger partial charge in [0.15, 0.2) is 11.5 Å². The van der Waals surface area contributed by atoms with Crippen LogP contribution in [0.1, 0.15) is 28.9 Å². The highest BCUT2D eigenvalue weighted by Crippen LogP contribution is 2.33. The maximum absolute atomic E-state index is 14.3. The van der Waals surface area contributed by atoms with Crippen LogP contribution in [0.4, 0.5) is 4.39 Å². The zero-order valence-corrected chi connectivity index (χ0v) is 15.3. The number of hydrogen-bond donors (Lipinski definition) is 1. The number of nitrogens with one attached hydrogen (secondary N) is 1. The second-order valence-electron chi connectivity index (χ2n) is 5.86. The lowest BCUT2D eigenvalue weighted by Gasteiger charge is -2.19. The van der Waals surface area contributed by atoms with E-state index in [0.29, 0.717) is 0 Å². The lowest BCUT2D eigenvalue weighted by molar-refractivity contribution is 0.0931. The molecule has 0 bridgehead atoms. The molecule has 0 fully saturated rings. The van der Waals surface area contributed by atoms with Crippen molar-refractivity contribution >= 4 is 5.91 Å². The van der Waals surface area contributed by atoms with Gasteiger partial charge < -0.3 is 14.8 Å². The molecule has 6 nitrogen and oxygen atoms in total. The van der Waals surface area contributed by atoms with E-state index in [1.807, 2.05) is 43.5 Å². The van der Waals surface area contributed by atoms with Gasteiger partial charge in [-0.2, -0.15) is 5.10 Å². The van der Waals surface area contributed by atoms with Gasteiger partial charge in [-0.1, -0.05) is 18.2 Å². The van der Waals surface area contributed by atoms with E-state index >= 15 is 0 Å². The molecule has 1 atom stereocenters. The molecule has 0 saturated heterocycles. The molecule has 27 heavy (non-hydrogen) atoms. The highest BCUT2D eigenvalue weighted by atomic mass is 19.1. The molecule has 0 aliphatic carbocycles. The molecule has 0 radical (unpaired) electrons. The number of para-hydroxylation sites is 1. The second kappa shape index (κ2) is 7.90. The molecule has 7 heteroatoms. The summed E-state index contributed by atoms with van der Waals surface area (Å²) in [5, 5.41) is 7.06. The quantitative estimate of drug-likeness (QED) is 0.722. The maximum Gasteiger partial charge on any atom is 0.258 e. The van der Waals surface area contributed by atoms with Crippen molar-refractivity contribution in [1.82, 2.24) is 15.1 Å². The van der Waals surface area contributed by atoms with Gasteiger partial charge in [-0.05, 0) is 36.8 Å². The molecular formula is C20H20FN3O3. The van der Waals surface area contributed by atoms with Gasteiger partial charge in [0, 0.05) is 12.4 Å². The second-order valence-corrected chi connectivity index (χ2v) is 5.86. The van der Waals surface area contributed by atoms with Crippen molar-refractivity contribution in [3.8, 4) is 17.2 Å². The first-order valence-electron chi connectivity index (χ1n) is 8.37. The topological polar surface area (TPSA) is 65.4 Å². The van der Waals surface area contributed by atoms with Crippen molar-refractivity contribution in [2.75, 3.05) is 14.2 Å². The lowest BCUT2D eigenvalue weighted by Crippen LogP contribution is -2.28. The number of benzene rings is 2. The van der Waals surface area contributed by atoms with E-state index in [-0.39, 0.29) is 17.1 Å². The zero-order chi connectivity index (χ0) is 19.4. The smallest absolute Gasteiger partial charge is 0.258 e. The van der Waals surface area contributed by atoms with E-state index in [0.717, 1.165) is 11.3 Å². The number of amides is 1. The van der Waals surface area contributed by atoms with Gasteiger partial charge in [0.05, 0.1) is 25.9 Å². The molecule has 0 saturated carbocycles. The molecule has 140 valence electrons. The van der Waals surface area contributed by atoms with Crippen LogP contribution in [0.5, 0.6) is 11.5 Å². The normalized spacial score (nSPS) is 11.7. The van der Waals surface area contributed by atoms with E-state index in [9.17, 15) is 9.18 Å². The van der Waals surface area contributed by atoms with Crippen LogP contribution < -0.4 is 14.8 Å². The Bertz CT molecular complexity index is 942. The monoisotopic (exact) mass is 369 g/mol. The SMILES string of the molecule is COc1ccc(F)c(C(=O)NC(C)c2ccccc2-n2cccn2)c1OC. The summed E-state index contributed by atoms with van der Waals surface area (Å²) >= 11 is 0. The molecule has 0 aliphatic rings. The van der Waals surface area contributed by atoms with Crippen molar-refractivity contribution in [2.24, 2.45) is 0 Å². The predicted molar refractivity (Wildman–Crippen MR) is 98.9 cm³/mol. The zero-order valence-electron chi connectivity index (χ0n) is 15.3. The Morgan fingerprint density at radius 1 is 1.15 bits per heavy atom. The number of halogens is 1. The number of carbonyl (C=O) groups excluding carboxylic acids is 1. The van der Waals surface area contributed by atoms with Gasteiger partial charge in [-0.15, -0.1) is 0 Å². The summed E-state index contributed by atoms with van der Waals surface area (Å²) in [6.45, 7) is 1.82. The average Bonchev–Trinajstić information content (AvgIpc) is 3.22. The fraction of sp³-hybridized carbons (Fsp3) is 0.200. The molecule has 0 aliphatic heterocycles. The molecule has 3 aromatic rings. The average molecular weight is 369 g/mol. The third-order valence-corrected chi connectivity index (χ3v) is 4.22. The minimum atomic E-state index is -0.683. The number of aromatic nitrogens is 2. The van der Waals surface area contributed by atoms with Gasteiger partial charge in [0.2, 0.25) is 0 Å². The van der Waals surface area contributed by atoms with Crippen LogP contribution in [0.25, 0.3) is 5.69 Å². The number of hydrogen-bond acceptors (Lipinski definition) is 4. The summed E-state index contributed by atoms with van der Waals surface area (Å²) in [7, 11) is 2.80. The number of methoxy groups -OCH3 is 2. The van der Waals surface area contributed by atoms with Crippen molar-refractivity contribution in [3.05, 3.63) is 71.8 Å². The molecular weight excluding hydrogens is 349 g/mol. The highest BCUT2D eigenvalue weighted by Gasteiger charge is 2.24. The summed E-state index contributed by atoms with van der Waals surface area (Å²) in [6.07, 6.45) is 3.49. The number of carbonyl (C=O) groups is 1. The van der Waals surface area contributed by atoms with Crippen molar-refractivity contribution in [2.45, 2.75) is 13.0 Å². The van der Waals surface area contributed by atoms with E-state index in [1.54, 1.807) is 10.9 Å². The largest absolute Gasteiger partial charge is 0.493 e. The first-order valence-corrected chi connectivity index (χ1v) is 8.37. The van der Waals surface area contributed by atoms with Gasteiger partial charge >= 0.3 is 0 Å². The first kappa shape index (κ1) is 18.4. The predicted octanol–water partition coefficient (Wildman–Crippen LogP) is 3.52. The molecule has 0 spiro atoms. The minimum Gasteiger partial charge on any atom is -0.493 e. The minimum absolute atomic E-state index is 0.0579. The van der Waals surface area contributed by atoms with Crippen LogP contribution >= 0.6 is 0 Å². The Balaban J connectivity index is 1.92. The fourth-order valence-corrected chi connectivity index (χ4v) is 2.93. The summed E-state index contributed by atoms with van der Waals surface area (Å²) in [5.41, 5.74) is 1.48. The molecule has 1 aromatic heterocycles. The first-order chi connectivity index (χ1) is 13.1. The molecule has 1 N–H and O–H groups in total. The van der Waals surface area contributed by atoms with Crippen molar-refractivity contribution in [3.63, 3.8) is 0 Å². The Morgan fingerprint density at radius 3 is 2.59 bits per heavy atom. The third kappa shape index (κ3) is 3.62.